The van der Waals surface area contributed by atoms with Gasteiger partial charge in [0, 0.05) is 17.7 Å². The van der Waals surface area contributed by atoms with Gasteiger partial charge in [0.2, 0.25) is 0 Å². The molecule has 2 atom stereocenters. The van der Waals surface area contributed by atoms with E-state index in [1.807, 2.05) is 0 Å². The molecule has 0 bridgehead atoms. The molecule has 5 rings (SSSR count). The number of Topliss-reactive ketones (excluding diaryl/α,β-unsaturated/α-hetero) is 1. The molecule has 0 radical (unpaired) electrons. The first-order valence-corrected chi connectivity index (χ1v) is 15.5. The Kier molecular flexibility index (Phi) is 7.96. The van der Waals surface area contributed by atoms with Crippen molar-refractivity contribution in [2.24, 2.45) is 17.8 Å². The Morgan fingerprint density at radius 1 is 0.744 bits per heavy atom. The van der Waals surface area contributed by atoms with E-state index in [9.17, 15) is 4.79 Å². The van der Waals surface area contributed by atoms with Crippen LogP contribution in [0.25, 0.3) is 22.4 Å². The first kappa shape index (κ1) is 27.9. The molecule has 2 aliphatic rings. The molecule has 1 heterocycles. The third-order valence-electron chi connectivity index (χ3n) is 9.41. The smallest absolute Gasteiger partial charge is 0.179 e. The highest BCUT2D eigenvalue weighted by atomic mass is 16.1. The zero-order valence-corrected chi connectivity index (χ0v) is 25.2. The average molecular weight is 524 g/mol. The number of hydrogen-bond acceptors (Lipinski definition) is 1. The minimum atomic E-state index is 0.105. The highest BCUT2D eigenvalue weighted by Gasteiger charge is 2.39. The summed E-state index contributed by atoms with van der Waals surface area (Å²) in [6, 6.07) is 19.8. The van der Waals surface area contributed by atoms with E-state index in [-0.39, 0.29) is 16.6 Å². The maximum atomic E-state index is 13.8. The summed E-state index contributed by atoms with van der Waals surface area (Å²) in [6.45, 7) is 13.5. The van der Waals surface area contributed by atoms with Crippen molar-refractivity contribution in [3.8, 4) is 22.4 Å². The third kappa shape index (κ3) is 6.76. The van der Waals surface area contributed by atoms with Crippen molar-refractivity contribution in [2.45, 2.75) is 110 Å². The minimum Gasteiger partial charge on any atom is -0.352 e. The van der Waals surface area contributed by atoms with Crippen molar-refractivity contribution in [2.75, 3.05) is 0 Å². The maximum absolute atomic E-state index is 13.8. The fourth-order valence-electron chi connectivity index (χ4n) is 6.54. The fraction of sp³-hybridized carbons (Fsp3) is 0.541. The molecule has 2 heteroatoms. The molecule has 39 heavy (non-hydrogen) atoms. The first-order valence-electron chi connectivity index (χ1n) is 15.5. The standard InChI is InChI=1S/C37H49NO/c1-36(2,3)30-18-14-26(15-19-30)32-24-33(27-16-20-31(21-17-27)37(4,5)6)38-35(32)34(39)23-29-22-28(29)13-12-25-10-8-7-9-11-25/h14-21,24-25,28-29,38H,7-13,22-23H2,1-6H3. The summed E-state index contributed by atoms with van der Waals surface area (Å²) in [5.74, 6) is 2.53. The predicted octanol–water partition coefficient (Wildman–Crippen LogP) is 10.5. The predicted molar refractivity (Wildman–Crippen MR) is 165 cm³/mol. The van der Waals surface area contributed by atoms with E-state index in [2.05, 4.69) is 101 Å². The number of benzene rings is 2. The SMILES string of the molecule is CC(C)(C)c1ccc(-c2cc(-c3ccc(C(C)(C)C)cc3)c(C(=O)CC3CC3CCC3CCCCC3)[nH]2)cc1. The molecule has 1 aromatic heterocycles. The van der Waals surface area contributed by atoms with E-state index in [4.69, 9.17) is 0 Å². The summed E-state index contributed by atoms with van der Waals surface area (Å²) in [4.78, 5) is 17.3. The summed E-state index contributed by atoms with van der Waals surface area (Å²) in [6.07, 6.45) is 11.7. The van der Waals surface area contributed by atoms with Gasteiger partial charge in [0.15, 0.2) is 5.78 Å². The molecule has 0 spiro atoms. The molecule has 2 nitrogen and oxygen atoms in total. The van der Waals surface area contributed by atoms with Crippen LogP contribution in [-0.4, -0.2) is 10.8 Å². The van der Waals surface area contributed by atoms with Crippen molar-refractivity contribution in [1.82, 2.24) is 4.98 Å². The zero-order valence-electron chi connectivity index (χ0n) is 25.2. The van der Waals surface area contributed by atoms with Crippen LogP contribution in [0.1, 0.15) is 121 Å². The topological polar surface area (TPSA) is 32.9 Å². The van der Waals surface area contributed by atoms with Crippen LogP contribution in [-0.2, 0) is 10.8 Å². The van der Waals surface area contributed by atoms with Gasteiger partial charge in [0.05, 0.1) is 5.69 Å². The fourth-order valence-corrected chi connectivity index (χ4v) is 6.54. The van der Waals surface area contributed by atoms with Crippen LogP contribution in [0.15, 0.2) is 54.6 Å². The normalized spacial score (nSPS) is 20.3. The van der Waals surface area contributed by atoms with Gasteiger partial charge in [-0.1, -0.05) is 129 Å². The zero-order chi connectivity index (χ0) is 27.8. The van der Waals surface area contributed by atoms with E-state index < -0.39 is 0 Å². The highest BCUT2D eigenvalue weighted by molar-refractivity contribution is 6.02. The van der Waals surface area contributed by atoms with E-state index in [0.717, 1.165) is 39.9 Å². The highest BCUT2D eigenvalue weighted by Crippen LogP contribution is 2.47. The van der Waals surface area contributed by atoms with E-state index in [1.165, 1.54) is 62.5 Å². The van der Waals surface area contributed by atoms with Crippen molar-refractivity contribution < 1.29 is 4.79 Å². The Balaban J connectivity index is 1.36. The number of hydrogen-bond donors (Lipinski definition) is 1. The molecule has 2 aromatic carbocycles. The summed E-state index contributed by atoms with van der Waals surface area (Å²) in [5.41, 5.74) is 7.95. The number of carbonyl (C=O) groups is 1. The summed E-state index contributed by atoms with van der Waals surface area (Å²) < 4.78 is 0. The van der Waals surface area contributed by atoms with Crippen LogP contribution in [0.4, 0.5) is 0 Å². The molecule has 1 N–H and O–H groups in total. The lowest BCUT2D eigenvalue weighted by molar-refractivity contribution is 0.0970. The Labute approximate surface area is 237 Å². The number of carbonyl (C=O) groups excluding carboxylic acids is 1. The van der Waals surface area contributed by atoms with Crippen molar-refractivity contribution in [3.63, 3.8) is 0 Å². The molecule has 208 valence electrons. The lowest BCUT2D eigenvalue weighted by Crippen LogP contribution is -2.10. The van der Waals surface area contributed by atoms with Crippen LogP contribution in [0.5, 0.6) is 0 Å². The molecule has 2 aliphatic carbocycles. The van der Waals surface area contributed by atoms with Crippen molar-refractivity contribution in [3.05, 3.63) is 71.4 Å². The van der Waals surface area contributed by atoms with Gasteiger partial charge in [-0.05, 0) is 69.7 Å². The largest absolute Gasteiger partial charge is 0.352 e. The van der Waals surface area contributed by atoms with Gasteiger partial charge < -0.3 is 4.98 Å². The molecule has 0 saturated heterocycles. The molecule has 3 aromatic rings. The van der Waals surface area contributed by atoms with Gasteiger partial charge in [-0.3, -0.25) is 4.79 Å². The summed E-state index contributed by atoms with van der Waals surface area (Å²) in [7, 11) is 0. The van der Waals surface area contributed by atoms with Gasteiger partial charge in [0.25, 0.3) is 0 Å². The van der Waals surface area contributed by atoms with Gasteiger partial charge >= 0.3 is 0 Å². The van der Waals surface area contributed by atoms with E-state index in [0.29, 0.717) is 12.3 Å². The van der Waals surface area contributed by atoms with Crippen molar-refractivity contribution >= 4 is 5.78 Å². The Morgan fingerprint density at radius 3 is 1.87 bits per heavy atom. The van der Waals surface area contributed by atoms with Crippen LogP contribution < -0.4 is 0 Å². The Bertz CT molecular complexity index is 1260. The second kappa shape index (κ2) is 11.1. The van der Waals surface area contributed by atoms with Gasteiger partial charge in [0.1, 0.15) is 0 Å². The Morgan fingerprint density at radius 2 is 1.31 bits per heavy atom. The lowest BCUT2D eigenvalue weighted by atomic mass is 9.85. The Hall–Kier alpha value is -2.61. The molecule has 0 amide bonds. The molecular formula is C37H49NO. The summed E-state index contributed by atoms with van der Waals surface area (Å²) in [5, 5.41) is 0. The third-order valence-corrected chi connectivity index (χ3v) is 9.41. The molecule has 0 aliphatic heterocycles. The second-order valence-electron chi connectivity index (χ2n) is 14.6. The summed E-state index contributed by atoms with van der Waals surface area (Å²) >= 11 is 0. The number of rotatable bonds is 8. The number of H-pyrrole nitrogens is 1. The quantitative estimate of drug-likeness (QED) is 0.293. The van der Waals surface area contributed by atoms with Crippen LogP contribution in [0.3, 0.4) is 0 Å². The molecular weight excluding hydrogens is 474 g/mol. The number of aromatic nitrogens is 1. The average Bonchev–Trinajstić information content (AvgIpc) is 3.48. The van der Waals surface area contributed by atoms with Crippen LogP contribution in [0.2, 0.25) is 0 Å². The van der Waals surface area contributed by atoms with Crippen molar-refractivity contribution in [1.29, 1.82) is 0 Å². The van der Waals surface area contributed by atoms with E-state index in [1.54, 1.807) is 0 Å². The number of aromatic amines is 1. The lowest BCUT2D eigenvalue weighted by Gasteiger charge is -2.21. The molecule has 2 saturated carbocycles. The maximum Gasteiger partial charge on any atom is 0.179 e. The number of nitrogens with one attached hydrogen (secondary N) is 1. The minimum absolute atomic E-state index is 0.105. The monoisotopic (exact) mass is 523 g/mol. The van der Waals surface area contributed by atoms with Gasteiger partial charge in [-0.25, -0.2) is 0 Å². The number of ketones is 1. The first-order chi connectivity index (χ1) is 18.5. The van der Waals surface area contributed by atoms with Gasteiger partial charge in [-0.2, -0.15) is 0 Å². The van der Waals surface area contributed by atoms with E-state index >= 15 is 0 Å². The molecule has 2 unspecified atom stereocenters. The second-order valence-corrected chi connectivity index (χ2v) is 14.6. The van der Waals surface area contributed by atoms with Gasteiger partial charge in [-0.15, -0.1) is 0 Å². The molecule has 2 fully saturated rings. The van der Waals surface area contributed by atoms with Crippen LogP contribution >= 0.6 is 0 Å². The van der Waals surface area contributed by atoms with Crippen LogP contribution in [0, 0.1) is 17.8 Å².